The van der Waals surface area contributed by atoms with Crippen LogP contribution in [0.5, 0.6) is 0 Å². The first-order valence-corrected chi connectivity index (χ1v) is 11.0. The molecule has 2 aliphatic rings. The van der Waals surface area contributed by atoms with E-state index in [1.54, 1.807) is 0 Å². The Labute approximate surface area is 170 Å². The van der Waals surface area contributed by atoms with Gasteiger partial charge in [-0.15, -0.1) is 0 Å². The Morgan fingerprint density at radius 2 is 1.38 bits per heavy atom. The number of alkyl halides is 3. The van der Waals surface area contributed by atoms with Crippen LogP contribution >= 0.6 is 0 Å². The van der Waals surface area contributed by atoms with Gasteiger partial charge in [-0.2, -0.15) is 13.2 Å². The Bertz CT molecular complexity index is 667. The SMILES string of the molecule is C/C=C/C1CCC(C2CCC(CCc3cc(F)c(C(F)(F)F)c(F)c3)CC2)CC1. The first-order valence-electron chi connectivity index (χ1n) is 11.0. The summed E-state index contributed by atoms with van der Waals surface area (Å²) in [5, 5.41) is 0. The van der Waals surface area contributed by atoms with Crippen LogP contribution in [0.1, 0.15) is 75.8 Å². The van der Waals surface area contributed by atoms with Gasteiger partial charge in [-0.3, -0.25) is 0 Å². The van der Waals surface area contributed by atoms with Crippen molar-refractivity contribution in [1.29, 1.82) is 0 Å². The molecule has 1 aromatic carbocycles. The molecule has 0 radical (unpaired) electrons. The Kier molecular flexibility index (Phi) is 7.39. The zero-order chi connectivity index (χ0) is 21.0. The molecule has 0 aromatic heterocycles. The average molecular weight is 415 g/mol. The van der Waals surface area contributed by atoms with Crippen LogP contribution in [0.15, 0.2) is 24.3 Å². The average Bonchev–Trinajstić information content (AvgIpc) is 2.66. The summed E-state index contributed by atoms with van der Waals surface area (Å²) in [6.07, 6.45) is 10.6. The predicted molar refractivity (Wildman–Crippen MR) is 105 cm³/mol. The molecule has 3 rings (SSSR count). The van der Waals surface area contributed by atoms with Gasteiger partial charge in [0, 0.05) is 0 Å². The lowest BCUT2D eigenvalue weighted by Gasteiger charge is -2.37. The molecule has 1 aromatic rings. The van der Waals surface area contributed by atoms with E-state index in [1.807, 2.05) is 0 Å². The van der Waals surface area contributed by atoms with Crippen molar-refractivity contribution >= 4 is 0 Å². The molecule has 0 heterocycles. The smallest absolute Gasteiger partial charge is 0.206 e. The Morgan fingerprint density at radius 3 is 1.86 bits per heavy atom. The molecule has 2 fully saturated rings. The Morgan fingerprint density at radius 1 is 0.862 bits per heavy atom. The Balaban J connectivity index is 1.46. The van der Waals surface area contributed by atoms with Crippen molar-refractivity contribution in [3.05, 3.63) is 47.0 Å². The summed E-state index contributed by atoms with van der Waals surface area (Å²) in [5.41, 5.74) is -1.47. The summed E-state index contributed by atoms with van der Waals surface area (Å²) in [4.78, 5) is 0. The van der Waals surface area contributed by atoms with Crippen molar-refractivity contribution in [3.63, 3.8) is 0 Å². The van der Waals surface area contributed by atoms with E-state index < -0.39 is 23.4 Å². The fourth-order valence-electron chi connectivity index (χ4n) is 5.44. The van der Waals surface area contributed by atoms with Crippen LogP contribution in [0.2, 0.25) is 0 Å². The van der Waals surface area contributed by atoms with Gasteiger partial charge in [-0.1, -0.05) is 25.0 Å². The molecule has 0 spiro atoms. The summed E-state index contributed by atoms with van der Waals surface area (Å²) in [6, 6.07) is 1.70. The quantitative estimate of drug-likeness (QED) is 0.337. The molecule has 0 aliphatic heterocycles. The molecule has 0 atom stereocenters. The van der Waals surface area contributed by atoms with Gasteiger partial charge in [-0.25, -0.2) is 8.78 Å². The third-order valence-electron chi connectivity index (χ3n) is 7.07. The van der Waals surface area contributed by atoms with Gasteiger partial charge in [0.1, 0.15) is 17.2 Å². The maximum Gasteiger partial charge on any atom is 0.422 e. The standard InChI is InChI=1S/C24H31F5/c1-2-3-16-6-10-19(11-7-16)20-12-8-17(9-13-20)4-5-18-14-21(25)23(22(26)15-18)24(27,28)29/h2-3,14-17,19-20H,4-13H2,1H3/b3-2+. The molecule has 0 saturated heterocycles. The van der Waals surface area contributed by atoms with Gasteiger partial charge in [-0.05, 0) is 99.7 Å². The van der Waals surface area contributed by atoms with Crippen LogP contribution in [-0.4, -0.2) is 0 Å². The molecule has 0 nitrogen and oxygen atoms in total. The van der Waals surface area contributed by atoms with E-state index in [0.717, 1.165) is 49.1 Å². The van der Waals surface area contributed by atoms with Gasteiger partial charge in [0.05, 0.1) is 0 Å². The van der Waals surface area contributed by atoms with Gasteiger partial charge < -0.3 is 0 Å². The normalized spacial score (nSPS) is 28.8. The summed E-state index contributed by atoms with van der Waals surface area (Å²) in [7, 11) is 0. The molecule has 0 unspecified atom stereocenters. The molecular weight excluding hydrogens is 383 g/mol. The maximum atomic E-state index is 13.7. The number of rotatable bonds is 5. The van der Waals surface area contributed by atoms with Crippen LogP contribution in [-0.2, 0) is 12.6 Å². The zero-order valence-corrected chi connectivity index (χ0v) is 17.1. The van der Waals surface area contributed by atoms with E-state index in [2.05, 4.69) is 19.1 Å². The highest BCUT2D eigenvalue weighted by molar-refractivity contribution is 5.28. The monoisotopic (exact) mass is 414 g/mol. The number of halogens is 5. The predicted octanol–water partition coefficient (Wildman–Crippen LogP) is 8.11. The summed E-state index contributed by atoms with van der Waals surface area (Å²) in [5.74, 6) is -0.153. The number of hydrogen-bond acceptors (Lipinski definition) is 0. The largest absolute Gasteiger partial charge is 0.422 e. The maximum absolute atomic E-state index is 13.7. The number of benzene rings is 1. The summed E-state index contributed by atoms with van der Waals surface area (Å²) < 4.78 is 65.5. The second-order valence-electron chi connectivity index (χ2n) is 8.95. The van der Waals surface area contributed by atoms with E-state index in [1.165, 1.54) is 38.5 Å². The highest BCUT2D eigenvalue weighted by Gasteiger charge is 2.38. The van der Waals surface area contributed by atoms with E-state index in [0.29, 0.717) is 17.9 Å². The minimum absolute atomic E-state index is 0.317. The summed E-state index contributed by atoms with van der Waals surface area (Å²) >= 11 is 0. The third kappa shape index (κ3) is 5.82. The highest BCUT2D eigenvalue weighted by atomic mass is 19.4. The van der Waals surface area contributed by atoms with Crippen LogP contribution in [0.25, 0.3) is 0 Å². The Hall–Kier alpha value is -1.39. The molecule has 5 heteroatoms. The fraction of sp³-hybridized carbons (Fsp3) is 0.667. The first-order chi connectivity index (χ1) is 13.8. The molecule has 2 saturated carbocycles. The number of allylic oxidation sites excluding steroid dienone is 2. The molecule has 0 amide bonds. The van der Waals surface area contributed by atoms with Crippen molar-refractivity contribution in [2.45, 2.75) is 77.3 Å². The molecule has 2 aliphatic carbocycles. The van der Waals surface area contributed by atoms with E-state index in [9.17, 15) is 22.0 Å². The molecular formula is C24H31F5. The van der Waals surface area contributed by atoms with Crippen molar-refractivity contribution in [2.24, 2.45) is 23.7 Å². The van der Waals surface area contributed by atoms with E-state index >= 15 is 0 Å². The molecule has 162 valence electrons. The van der Waals surface area contributed by atoms with Crippen molar-refractivity contribution in [1.82, 2.24) is 0 Å². The lowest BCUT2D eigenvalue weighted by molar-refractivity contribution is -0.142. The molecule has 29 heavy (non-hydrogen) atoms. The summed E-state index contributed by atoms with van der Waals surface area (Å²) in [6.45, 7) is 2.08. The lowest BCUT2D eigenvalue weighted by atomic mass is 9.68. The highest BCUT2D eigenvalue weighted by Crippen LogP contribution is 2.42. The van der Waals surface area contributed by atoms with E-state index in [-0.39, 0.29) is 0 Å². The van der Waals surface area contributed by atoms with Crippen molar-refractivity contribution in [2.75, 3.05) is 0 Å². The van der Waals surface area contributed by atoms with Gasteiger partial charge in [0.2, 0.25) is 0 Å². The number of aryl methyl sites for hydroxylation is 1. The van der Waals surface area contributed by atoms with Crippen LogP contribution < -0.4 is 0 Å². The topological polar surface area (TPSA) is 0 Å². The van der Waals surface area contributed by atoms with Crippen LogP contribution in [0.4, 0.5) is 22.0 Å². The second kappa shape index (κ2) is 9.61. The zero-order valence-electron chi connectivity index (χ0n) is 17.1. The third-order valence-corrected chi connectivity index (χ3v) is 7.07. The lowest BCUT2D eigenvalue weighted by Crippen LogP contribution is -2.25. The minimum Gasteiger partial charge on any atom is -0.206 e. The molecule has 0 N–H and O–H groups in total. The van der Waals surface area contributed by atoms with Gasteiger partial charge in [0.15, 0.2) is 0 Å². The van der Waals surface area contributed by atoms with Crippen molar-refractivity contribution < 1.29 is 22.0 Å². The van der Waals surface area contributed by atoms with Gasteiger partial charge >= 0.3 is 6.18 Å². The first kappa shape index (κ1) is 22.3. The van der Waals surface area contributed by atoms with Crippen molar-refractivity contribution in [3.8, 4) is 0 Å². The van der Waals surface area contributed by atoms with Gasteiger partial charge in [0.25, 0.3) is 0 Å². The number of hydrogen-bond donors (Lipinski definition) is 0. The second-order valence-corrected chi connectivity index (χ2v) is 8.95. The van der Waals surface area contributed by atoms with Crippen LogP contribution in [0, 0.1) is 35.3 Å². The van der Waals surface area contributed by atoms with E-state index in [4.69, 9.17) is 0 Å². The minimum atomic E-state index is -5.00. The fourth-order valence-corrected chi connectivity index (χ4v) is 5.44. The molecule has 0 bridgehead atoms. The van der Waals surface area contributed by atoms with Crippen LogP contribution in [0.3, 0.4) is 0 Å².